The average molecular weight is 288 g/mol. The van der Waals surface area contributed by atoms with Crippen molar-refractivity contribution in [3.05, 3.63) is 47.8 Å². The number of nitrogens with zero attached hydrogens (tertiary/aromatic N) is 2. The molecule has 1 aromatic carbocycles. The Morgan fingerprint density at radius 1 is 1.29 bits per heavy atom. The number of carbonyl (C=O) groups is 1. The third-order valence-electron chi connectivity index (χ3n) is 3.22. The molecule has 2 aromatic rings. The summed E-state index contributed by atoms with van der Waals surface area (Å²) in [5.74, 6) is 0.842. The van der Waals surface area contributed by atoms with Gasteiger partial charge in [-0.05, 0) is 24.1 Å². The molecule has 0 saturated heterocycles. The monoisotopic (exact) mass is 288 g/mol. The molecule has 0 aliphatic heterocycles. The van der Waals surface area contributed by atoms with Crippen LogP contribution >= 0.6 is 0 Å². The van der Waals surface area contributed by atoms with Crippen molar-refractivity contribution in [2.24, 2.45) is 7.05 Å². The van der Waals surface area contributed by atoms with Gasteiger partial charge in [-0.15, -0.1) is 0 Å². The van der Waals surface area contributed by atoms with Crippen molar-refractivity contribution in [3.8, 4) is 5.75 Å². The number of carbonyl (C=O) groups excluding carboxylic acids is 1. The summed E-state index contributed by atoms with van der Waals surface area (Å²) in [5, 5.41) is 9.67. The summed E-state index contributed by atoms with van der Waals surface area (Å²) in [6.07, 6.45) is 2.43. The number of ether oxygens (including phenoxy) is 1. The third-order valence-corrected chi connectivity index (χ3v) is 3.22. The van der Waals surface area contributed by atoms with Crippen LogP contribution in [0.5, 0.6) is 5.75 Å². The molecule has 0 spiro atoms. The standard InChI is InChI=1S/C15H20N4O2/c1-19-13(8-10-18-19)11-17-15(20)16-9-7-12-5-3-4-6-14(12)21-2/h3-6,8,10H,7,9,11H2,1-2H3,(H2,16,17,20). The van der Waals surface area contributed by atoms with E-state index in [1.807, 2.05) is 37.4 Å². The summed E-state index contributed by atoms with van der Waals surface area (Å²) in [6, 6.07) is 9.48. The van der Waals surface area contributed by atoms with Crippen LogP contribution in [-0.4, -0.2) is 29.5 Å². The number of aryl methyl sites for hydroxylation is 1. The van der Waals surface area contributed by atoms with Gasteiger partial charge in [-0.25, -0.2) is 4.79 Å². The first-order chi connectivity index (χ1) is 10.2. The van der Waals surface area contributed by atoms with Crippen LogP contribution < -0.4 is 15.4 Å². The van der Waals surface area contributed by atoms with E-state index >= 15 is 0 Å². The highest BCUT2D eigenvalue weighted by Gasteiger charge is 2.04. The van der Waals surface area contributed by atoms with Crippen molar-refractivity contribution in [1.82, 2.24) is 20.4 Å². The molecule has 1 heterocycles. The maximum absolute atomic E-state index is 11.7. The van der Waals surface area contributed by atoms with E-state index in [0.717, 1.165) is 23.4 Å². The highest BCUT2D eigenvalue weighted by molar-refractivity contribution is 5.73. The maximum atomic E-state index is 11.7. The lowest BCUT2D eigenvalue weighted by atomic mass is 10.1. The van der Waals surface area contributed by atoms with E-state index in [1.54, 1.807) is 18.0 Å². The van der Waals surface area contributed by atoms with E-state index in [2.05, 4.69) is 15.7 Å². The largest absolute Gasteiger partial charge is 0.496 e. The number of para-hydroxylation sites is 1. The van der Waals surface area contributed by atoms with Crippen molar-refractivity contribution in [3.63, 3.8) is 0 Å². The van der Waals surface area contributed by atoms with Crippen LogP contribution in [0.1, 0.15) is 11.3 Å². The number of rotatable bonds is 6. The Hall–Kier alpha value is -2.50. The van der Waals surface area contributed by atoms with Gasteiger partial charge in [-0.1, -0.05) is 18.2 Å². The minimum Gasteiger partial charge on any atom is -0.496 e. The highest BCUT2D eigenvalue weighted by atomic mass is 16.5. The number of hydrogen-bond donors (Lipinski definition) is 2. The lowest BCUT2D eigenvalue weighted by molar-refractivity contribution is 0.240. The predicted molar refractivity (Wildman–Crippen MR) is 80.1 cm³/mol. The van der Waals surface area contributed by atoms with E-state index in [4.69, 9.17) is 4.74 Å². The van der Waals surface area contributed by atoms with Gasteiger partial charge in [0.1, 0.15) is 5.75 Å². The Morgan fingerprint density at radius 3 is 2.81 bits per heavy atom. The highest BCUT2D eigenvalue weighted by Crippen LogP contribution is 2.17. The SMILES string of the molecule is COc1ccccc1CCNC(=O)NCc1ccnn1C. The fraction of sp³-hybridized carbons (Fsp3) is 0.333. The number of aromatic nitrogens is 2. The zero-order valence-electron chi connectivity index (χ0n) is 12.3. The zero-order valence-corrected chi connectivity index (χ0v) is 12.3. The van der Waals surface area contributed by atoms with Crippen molar-refractivity contribution in [1.29, 1.82) is 0 Å². The van der Waals surface area contributed by atoms with Crippen molar-refractivity contribution in [2.45, 2.75) is 13.0 Å². The van der Waals surface area contributed by atoms with Gasteiger partial charge in [0, 0.05) is 19.8 Å². The molecule has 0 bridgehead atoms. The topological polar surface area (TPSA) is 68.2 Å². The summed E-state index contributed by atoms with van der Waals surface area (Å²) in [7, 11) is 3.49. The molecule has 21 heavy (non-hydrogen) atoms. The van der Waals surface area contributed by atoms with E-state index < -0.39 is 0 Å². The lowest BCUT2D eigenvalue weighted by Crippen LogP contribution is -2.36. The van der Waals surface area contributed by atoms with Crippen LogP contribution in [0.2, 0.25) is 0 Å². The Labute approximate surface area is 124 Å². The van der Waals surface area contributed by atoms with Crippen LogP contribution in [0.3, 0.4) is 0 Å². The second-order valence-electron chi connectivity index (χ2n) is 4.62. The molecule has 6 nitrogen and oxygen atoms in total. The summed E-state index contributed by atoms with van der Waals surface area (Å²) < 4.78 is 7.01. The molecule has 112 valence electrons. The van der Waals surface area contributed by atoms with Crippen LogP contribution in [0.4, 0.5) is 4.79 Å². The molecule has 0 unspecified atom stereocenters. The molecule has 0 atom stereocenters. The predicted octanol–water partition coefficient (Wildman–Crippen LogP) is 1.47. The van der Waals surface area contributed by atoms with Gasteiger partial charge in [0.15, 0.2) is 0 Å². The van der Waals surface area contributed by atoms with E-state index in [-0.39, 0.29) is 6.03 Å². The number of hydrogen-bond acceptors (Lipinski definition) is 3. The Morgan fingerprint density at radius 2 is 2.10 bits per heavy atom. The molecule has 0 fully saturated rings. The van der Waals surface area contributed by atoms with Gasteiger partial charge in [0.2, 0.25) is 0 Å². The van der Waals surface area contributed by atoms with Crippen LogP contribution in [0, 0.1) is 0 Å². The molecule has 0 radical (unpaired) electrons. The summed E-state index contributed by atoms with van der Waals surface area (Å²) in [6.45, 7) is 1.01. The van der Waals surface area contributed by atoms with Crippen LogP contribution in [0.25, 0.3) is 0 Å². The Kier molecular flexibility index (Phi) is 5.20. The van der Waals surface area contributed by atoms with Gasteiger partial charge >= 0.3 is 6.03 Å². The minimum atomic E-state index is -0.189. The second-order valence-corrected chi connectivity index (χ2v) is 4.62. The van der Waals surface area contributed by atoms with E-state index in [1.165, 1.54) is 0 Å². The smallest absolute Gasteiger partial charge is 0.315 e. The Bertz CT molecular complexity index is 595. The summed E-state index contributed by atoms with van der Waals surface area (Å²) in [5.41, 5.74) is 2.03. The molecule has 0 aliphatic carbocycles. The quantitative estimate of drug-likeness (QED) is 0.846. The minimum absolute atomic E-state index is 0.189. The van der Waals surface area contributed by atoms with Crippen LogP contribution in [0.15, 0.2) is 36.5 Å². The van der Waals surface area contributed by atoms with Gasteiger partial charge in [-0.2, -0.15) is 5.10 Å². The molecule has 2 N–H and O–H groups in total. The van der Waals surface area contributed by atoms with Crippen molar-refractivity contribution < 1.29 is 9.53 Å². The second kappa shape index (κ2) is 7.33. The molecule has 2 amide bonds. The first-order valence-corrected chi connectivity index (χ1v) is 6.81. The molecule has 1 aromatic heterocycles. The third kappa shape index (κ3) is 4.24. The molecular weight excluding hydrogens is 268 g/mol. The number of urea groups is 1. The molecule has 0 saturated carbocycles. The van der Waals surface area contributed by atoms with Gasteiger partial charge in [-0.3, -0.25) is 4.68 Å². The normalized spacial score (nSPS) is 10.2. The number of amides is 2. The number of nitrogens with one attached hydrogen (secondary N) is 2. The fourth-order valence-corrected chi connectivity index (χ4v) is 2.03. The van der Waals surface area contributed by atoms with Gasteiger partial charge < -0.3 is 15.4 Å². The number of methoxy groups -OCH3 is 1. The van der Waals surface area contributed by atoms with Crippen LogP contribution in [-0.2, 0) is 20.0 Å². The molecule has 6 heteroatoms. The maximum Gasteiger partial charge on any atom is 0.315 e. The first kappa shape index (κ1) is 14.9. The average Bonchev–Trinajstić information content (AvgIpc) is 2.91. The Balaban J connectivity index is 1.73. The zero-order chi connectivity index (χ0) is 15.1. The summed E-state index contributed by atoms with van der Waals surface area (Å²) in [4.78, 5) is 11.7. The lowest BCUT2D eigenvalue weighted by Gasteiger charge is -2.10. The molecular formula is C15H20N4O2. The fourth-order valence-electron chi connectivity index (χ4n) is 2.03. The summed E-state index contributed by atoms with van der Waals surface area (Å²) >= 11 is 0. The van der Waals surface area contributed by atoms with E-state index in [9.17, 15) is 4.79 Å². The first-order valence-electron chi connectivity index (χ1n) is 6.81. The van der Waals surface area contributed by atoms with Gasteiger partial charge in [0.25, 0.3) is 0 Å². The number of benzene rings is 1. The van der Waals surface area contributed by atoms with Crippen molar-refractivity contribution >= 4 is 6.03 Å². The van der Waals surface area contributed by atoms with Crippen molar-refractivity contribution in [2.75, 3.05) is 13.7 Å². The van der Waals surface area contributed by atoms with Gasteiger partial charge in [0.05, 0.1) is 19.3 Å². The molecule has 2 rings (SSSR count). The van der Waals surface area contributed by atoms with E-state index in [0.29, 0.717) is 13.1 Å². The molecule has 0 aliphatic rings.